The van der Waals surface area contributed by atoms with Crippen molar-refractivity contribution >= 4 is 29.3 Å². The topological polar surface area (TPSA) is 60.4 Å². The highest BCUT2D eigenvalue weighted by Gasteiger charge is 2.21. The van der Waals surface area contributed by atoms with E-state index < -0.39 is 5.97 Å². The molecule has 1 heterocycles. The Balaban J connectivity index is 2.50. The molecule has 5 heteroatoms. The quantitative estimate of drug-likeness (QED) is 0.677. The Hall–Kier alpha value is -1.49. The van der Waals surface area contributed by atoms with Crippen molar-refractivity contribution in [3.05, 3.63) is 23.8 Å². The molecule has 0 N–H and O–H groups in total. The van der Waals surface area contributed by atoms with Gasteiger partial charge in [0.25, 0.3) is 0 Å². The summed E-state index contributed by atoms with van der Waals surface area (Å²) >= 11 is 1.42. The SMILES string of the molecule is CN1C(=O)CSc2ccc(C(=O)[O-])cc21. The third kappa shape index (κ3) is 1.70. The number of carbonyl (C=O) groups is 2. The zero-order valence-corrected chi connectivity index (χ0v) is 8.84. The molecule has 15 heavy (non-hydrogen) atoms. The van der Waals surface area contributed by atoms with Crippen molar-refractivity contribution < 1.29 is 14.7 Å². The van der Waals surface area contributed by atoms with Crippen molar-refractivity contribution in [1.29, 1.82) is 0 Å². The van der Waals surface area contributed by atoms with Crippen molar-refractivity contribution in [3.63, 3.8) is 0 Å². The average Bonchev–Trinajstić information content (AvgIpc) is 2.23. The predicted octanol–water partition coefficient (Wildman–Crippen LogP) is 0.119. The minimum absolute atomic E-state index is 0.0250. The molecule has 0 atom stereocenters. The number of hydrogen-bond donors (Lipinski definition) is 0. The first-order chi connectivity index (χ1) is 7.09. The number of carbonyl (C=O) groups excluding carboxylic acids is 2. The minimum Gasteiger partial charge on any atom is -0.545 e. The second-order valence-electron chi connectivity index (χ2n) is 3.21. The number of thioether (sulfide) groups is 1. The smallest absolute Gasteiger partial charge is 0.237 e. The number of fused-ring (bicyclic) bond motifs is 1. The molecule has 1 aliphatic rings. The summed E-state index contributed by atoms with van der Waals surface area (Å²) in [7, 11) is 1.64. The zero-order chi connectivity index (χ0) is 11.0. The molecule has 0 saturated heterocycles. The zero-order valence-electron chi connectivity index (χ0n) is 8.02. The second kappa shape index (κ2) is 3.58. The van der Waals surface area contributed by atoms with Gasteiger partial charge in [-0.1, -0.05) is 6.07 Å². The van der Waals surface area contributed by atoms with Crippen LogP contribution in [-0.4, -0.2) is 24.7 Å². The number of anilines is 1. The minimum atomic E-state index is -1.23. The summed E-state index contributed by atoms with van der Waals surface area (Å²) in [6, 6.07) is 4.66. The number of amides is 1. The van der Waals surface area contributed by atoms with E-state index in [1.165, 1.54) is 28.8 Å². The molecule has 1 aliphatic heterocycles. The Bertz CT molecular complexity index is 444. The van der Waals surface area contributed by atoms with Gasteiger partial charge in [0.05, 0.1) is 17.4 Å². The fourth-order valence-electron chi connectivity index (χ4n) is 1.40. The molecule has 4 nitrogen and oxygen atoms in total. The maximum Gasteiger partial charge on any atom is 0.237 e. The predicted molar refractivity (Wildman–Crippen MR) is 54.9 cm³/mol. The van der Waals surface area contributed by atoms with Gasteiger partial charge < -0.3 is 14.8 Å². The molecule has 0 spiro atoms. The molecule has 0 radical (unpaired) electrons. The molecule has 0 fully saturated rings. The molecule has 78 valence electrons. The van der Waals surface area contributed by atoms with Crippen LogP contribution in [0, 0.1) is 0 Å². The van der Waals surface area contributed by atoms with Crippen molar-refractivity contribution in [3.8, 4) is 0 Å². The van der Waals surface area contributed by atoms with E-state index in [0.29, 0.717) is 11.4 Å². The average molecular weight is 222 g/mol. The maximum absolute atomic E-state index is 11.4. The molecule has 2 rings (SSSR count). The number of benzene rings is 1. The molecule has 1 amide bonds. The van der Waals surface area contributed by atoms with Crippen LogP contribution in [0.5, 0.6) is 0 Å². The fraction of sp³-hybridized carbons (Fsp3) is 0.200. The standard InChI is InChI=1S/C10H9NO3S/c1-11-7-4-6(10(13)14)2-3-8(7)15-5-9(11)12/h2-4H,5H2,1H3,(H,13,14)/p-1. The first-order valence-corrected chi connectivity index (χ1v) is 5.33. The fourth-order valence-corrected chi connectivity index (χ4v) is 2.38. The van der Waals surface area contributed by atoms with E-state index in [1.807, 2.05) is 0 Å². The number of rotatable bonds is 1. The molecule has 0 aromatic heterocycles. The van der Waals surface area contributed by atoms with E-state index in [-0.39, 0.29) is 11.5 Å². The lowest BCUT2D eigenvalue weighted by Gasteiger charge is -2.25. The van der Waals surface area contributed by atoms with Crippen molar-refractivity contribution in [2.75, 3.05) is 17.7 Å². The van der Waals surface area contributed by atoms with Crippen LogP contribution in [0.2, 0.25) is 0 Å². The van der Waals surface area contributed by atoms with Crippen LogP contribution in [0.1, 0.15) is 10.4 Å². The normalized spacial score (nSPS) is 15.0. The monoisotopic (exact) mass is 222 g/mol. The Morgan fingerprint density at radius 2 is 2.27 bits per heavy atom. The third-order valence-corrected chi connectivity index (χ3v) is 3.33. The van der Waals surface area contributed by atoms with Gasteiger partial charge in [0.1, 0.15) is 0 Å². The van der Waals surface area contributed by atoms with Crippen LogP contribution in [0.3, 0.4) is 0 Å². The van der Waals surface area contributed by atoms with E-state index in [2.05, 4.69) is 0 Å². The van der Waals surface area contributed by atoms with Gasteiger partial charge in [-0.25, -0.2) is 0 Å². The molecule has 0 aliphatic carbocycles. The Morgan fingerprint density at radius 1 is 1.53 bits per heavy atom. The Morgan fingerprint density at radius 3 is 2.93 bits per heavy atom. The van der Waals surface area contributed by atoms with Crippen LogP contribution in [0.15, 0.2) is 23.1 Å². The second-order valence-corrected chi connectivity index (χ2v) is 4.23. The number of carboxylic acids is 1. The highest BCUT2D eigenvalue weighted by Crippen LogP contribution is 2.34. The lowest BCUT2D eigenvalue weighted by molar-refractivity contribution is -0.255. The van der Waals surface area contributed by atoms with Gasteiger partial charge in [-0.05, 0) is 17.7 Å². The van der Waals surface area contributed by atoms with Gasteiger partial charge in [0, 0.05) is 11.9 Å². The van der Waals surface area contributed by atoms with Gasteiger partial charge in [0.2, 0.25) is 5.91 Å². The molecular formula is C10H8NO3S-. The summed E-state index contributed by atoms with van der Waals surface area (Å²) in [6.07, 6.45) is 0. The summed E-state index contributed by atoms with van der Waals surface area (Å²) in [4.78, 5) is 24.4. The Kier molecular flexibility index (Phi) is 2.40. The Labute approximate surface area is 90.9 Å². The van der Waals surface area contributed by atoms with Crippen LogP contribution in [-0.2, 0) is 4.79 Å². The molecule has 0 unspecified atom stereocenters. The molecule has 0 saturated carbocycles. The van der Waals surface area contributed by atoms with Crippen molar-refractivity contribution in [1.82, 2.24) is 0 Å². The molecule has 0 bridgehead atoms. The highest BCUT2D eigenvalue weighted by atomic mass is 32.2. The van der Waals surface area contributed by atoms with E-state index >= 15 is 0 Å². The van der Waals surface area contributed by atoms with Crippen LogP contribution in [0.4, 0.5) is 5.69 Å². The van der Waals surface area contributed by atoms with Crippen molar-refractivity contribution in [2.45, 2.75) is 4.90 Å². The van der Waals surface area contributed by atoms with Gasteiger partial charge >= 0.3 is 0 Å². The lowest BCUT2D eigenvalue weighted by atomic mass is 10.2. The van der Waals surface area contributed by atoms with Crippen LogP contribution >= 0.6 is 11.8 Å². The summed E-state index contributed by atoms with van der Waals surface area (Å²) in [6.45, 7) is 0. The first-order valence-electron chi connectivity index (χ1n) is 4.34. The number of aromatic carboxylic acids is 1. The third-order valence-electron chi connectivity index (χ3n) is 2.28. The summed E-state index contributed by atoms with van der Waals surface area (Å²) in [5.41, 5.74) is 0.730. The number of nitrogens with zero attached hydrogens (tertiary/aromatic N) is 1. The number of hydrogen-bond acceptors (Lipinski definition) is 4. The van der Waals surface area contributed by atoms with E-state index in [4.69, 9.17) is 0 Å². The van der Waals surface area contributed by atoms with Gasteiger partial charge in [-0.15, -0.1) is 11.8 Å². The van der Waals surface area contributed by atoms with Crippen molar-refractivity contribution in [2.24, 2.45) is 0 Å². The largest absolute Gasteiger partial charge is 0.545 e. The number of carboxylic acid groups (broad SMARTS) is 1. The van der Waals surface area contributed by atoms with Crippen LogP contribution < -0.4 is 10.0 Å². The lowest BCUT2D eigenvalue weighted by Crippen LogP contribution is -2.32. The van der Waals surface area contributed by atoms with Gasteiger partial charge in [-0.3, -0.25) is 4.79 Å². The van der Waals surface area contributed by atoms with Crippen LogP contribution in [0.25, 0.3) is 0 Å². The summed E-state index contributed by atoms with van der Waals surface area (Å²) in [5.74, 6) is -0.856. The summed E-state index contributed by atoms with van der Waals surface area (Å²) in [5, 5.41) is 10.7. The molecule has 1 aromatic carbocycles. The summed E-state index contributed by atoms with van der Waals surface area (Å²) < 4.78 is 0. The van der Waals surface area contributed by atoms with Gasteiger partial charge in [0.15, 0.2) is 0 Å². The first kappa shape index (κ1) is 10.0. The molecule has 1 aromatic rings. The van der Waals surface area contributed by atoms with E-state index in [0.717, 1.165) is 4.90 Å². The molecular weight excluding hydrogens is 214 g/mol. The van der Waals surface area contributed by atoms with E-state index in [9.17, 15) is 14.7 Å². The van der Waals surface area contributed by atoms with Gasteiger partial charge in [-0.2, -0.15) is 0 Å². The van der Waals surface area contributed by atoms with E-state index in [1.54, 1.807) is 13.1 Å². The maximum atomic E-state index is 11.4. The highest BCUT2D eigenvalue weighted by molar-refractivity contribution is 8.00.